The molecule has 0 amide bonds. The third kappa shape index (κ3) is 6.15. The van der Waals surface area contributed by atoms with E-state index in [0.29, 0.717) is 0 Å². The lowest BCUT2D eigenvalue weighted by Crippen LogP contribution is -2.61. The van der Waals surface area contributed by atoms with Crippen molar-refractivity contribution in [1.29, 1.82) is 0 Å². The molecule has 0 spiro atoms. The summed E-state index contributed by atoms with van der Waals surface area (Å²) in [5.41, 5.74) is 1.73. The average Bonchev–Trinajstić information content (AvgIpc) is 2.86. The molecular formula is C25H41IN4O2. The Morgan fingerprint density at radius 1 is 0.875 bits per heavy atom. The van der Waals surface area contributed by atoms with Crippen LogP contribution >= 0.6 is 24.0 Å². The van der Waals surface area contributed by atoms with Gasteiger partial charge in [0.1, 0.15) is 0 Å². The summed E-state index contributed by atoms with van der Waals surface area (Å²) in [5, 5.41) is 7.39. The van der Waals surface area contributed by atoms with E-state index in [-0.39, 0.29) is 34.9 Å². The van der Waals surface area contributed by atoms with Crippen LogP contribution in [0.3, 0.4) is 0 Å². The zero-order valence-corrected chi connectivity index (χ0v) is 21.9. The van der Waals surface area contributed by atoms with Gasteiger partial charge in [-0.2, -0.15) is 0 Å². The van der Waals surface area contributed by atoms with E-state index in [9.17, 15) is 0 Å². The number of halogens is 1. The standard InChI is InChI=1S/C25H40N4O2.HI/c1-26-23(27-20-24(12-16-30-17-13-24)22-8-4-2-5-9-22)28-21-25(10-6-3-7-11-25)29-14-18-31-19-15-29;/h2,4-5,8-9H,3,6-7,10-21H2,1H3,(H2,26,27,28);1H. The molecule has 2 saturated heterocycles. The molecule has 0 unspecified atom stereocenters. The Morgan fingerprint density at radius 3 is 2.16 bits per heavy atom. The summed E-state index contributed by atoms with van der Waals surface area (Å²) < 4.78 is 11.3. The van der Waals surface area contributed by atoms with Gasteiger partial charge < -0.3 is 20.1 Å². The second-order valence-corrected chi connectivity index (χ2v) is 9.42. The molecule has 0 aromatic heterocycles. The predicted molar refractivity (Wildman–Crippen MR) is 141 cm³/mol. The molecule has 0 bridgehead atoms. The maximum atomic E-state index is 5.70. The zero-order valence-electron chi connectivity index (χ0n) is 19.6. The monoisotopic (exact) mass is 556 g/mol. The highest BCUT2D eigenvalue weighted by Gasteiger charge is 2.39. The minimum absolute atomic E-state index is 0. The Hall–Kier alpha value is -0.900. The third-order valence-corrected chi connectivity index (χ3v) is 7.70. The number of ether oxygens (including phenoxy) is 2. The van der Waals surface area contributed by atoms with Crippen LogP contribution in [0.15, 0.2) is 35.3 Å². The summed E-state index contributed by atoms with van der Waals surface area (Å²) in [6.07, 6.45) is 8.62. The summed E-state index contributed by atoms with van der Waals surface area (Å²) in [5.74, 6) is 0.917. The summed E-state index contributed by atoms with van der Waals surface area (Å²) in [4.78, 5) is 7.26. The van der Waals surface area contributed by atoms with E-state index in [2.05, 4.69) is 50.9 Å². The number of morpholine rings is 1. The van der Waals surface area contributed by atoms with Gasteiger partial charge in [-0.3, -0.25) is 9.89 Å². The van der Waals surface area contributed by atoms with Gasteiger partial charge in [0.25, 0.3) is 0 Å². The molecule has 4 rings (SSSR count). The summed E-state index contributed by atoms with van der Waals surface area (Å²) in [6, 6.07) is 10.9. The molecule has 0 radical (unpaired) electrons. The SMILES string of the molecule is CN=C(NCC1(c2ccccc2)CCOCC1)NCC1(N2CCOCC2)CCCCC1.I. The van der Waals surface area contributed by atoms with Crippen LogP contribution in [0.1, 0.15) is 50.5 Å². The van der Waals surface area contributed by atoms with Crippen LogP contribution in [0, 0.1) is 0 Å². The van der Waals surface area contributed by atoms with Crippen molar-refractivity contribution in [1.82, 2.24) is 15.5 Å². The first kappa shape index (κ1) is 25.7. The fraction of sp³-hybridized carbons (Fsp3) is 0.720. The number of nitrogens with zero attached hydrogens (tertiary/aromatic N) is 2. The van der Waals surface area contributed by atoms with Gasteiger partial charge in [-0.1, -0.05) is 49.6 Å². The first-order valence-corrected chi connectivity index (χ1v) is 12.2. The first-order chi connectivity index (χ1) is 15.3. The zero-order chi connectivity index (χ0) is 21.4. The van der Waals surface area contributed by atoms with Crippen LogP contribution in [0.2, 0.25) is 0 Å². The van der Waals surface area contributed by atoms with Gasteiger partial charge in [-0.15, -0.1) is 24.0 Å². The molecule has 6 nitrogen and oxygen atoms in total. The molecule has 0 atom stereocenters. The van der Waals surface area contributed by atoms with Crippen molar-refractivity contribution in [3.63, 3.8) is 0 Å². The Kier molecular flexibility index (Phi) is 10.1. The van der Waals surface area contributed by atoms with Crippen LogP contribution in [0.5, 0.6) is 0 Å². The van der Waals surface area contributed by atoms with Gasteiger partial charge in [0.05, 0.1) is 13.2 Å². The van der Waals surface area contributed by atoms with Crippen LogP contribution in [-0.4, -0.2) is 76.1 Å². The van der Waals surface area contributed by atoms with E-state index in [1.165, 1.54) is 37.7 Å². The van der Waals surface area contributed by atoms with E-state index in [0.717, 1.165) is 71.4 Å². The highest BCUT2D eigenvalue weighted by atomic mass is 127. The van der Waals surface area contributed by atoms with Crippen LogP contribution in [0.4, 0.5) is 0 Å². The number of aliphatic imine (C=N–C) groups is 1. The van der Waals surface area contributed by atoms with Crippen molar-refractivity contribution in [2.24, 2.45) is 4.99 Å². The molecule has 2 heterocycles. The van der Waals surface area contributed by atoms with Gasteiger partial charge in [0, 0.05) is 57.4 Å². The highest BCUT2D eigenvalue weighted by molar-refractivity contribution is 14.0. The normalized spacial score (nSPS) is 23.7. The molecule has 2 N–H and O–H groups in total. The van der Waals surface area contributed by atoms with Crippen LogP contribution in [-0.2, 0) is 14.9 Å². The van der Waals surface area contributed by atoms with Crippen molar-refractivity contribution in [2.45, 2.75) is 55.9 Å². The Morgan fingerprint density at radius 2 is 1.50 bits per heavy atom. The predicted octanol–water partition coefficient (Wildman–Crippen LogP) is 3.55. The minimum atomic E-state index is 0. The van der Waals surface area contributed by atoms with E-state index in [1.807, 2.05) is 7.05 Å². The lowest BCUT2D eigenvalue weighted by atomic mass is 9.74. The lowest BCUT2D eigenvalue weighted by Gasteiger charge is -2.48. The molecule has 1 aromatic carbocycles. The van der Waals surface area contributed by atoms with Crippen molar-refractivity contribution >= 4 is 29.9 Å². The van der Waals surface area contributed by atoms with Crippen molar-refractivity contribution in [2.75, 3.05) is 59.7 Å². The number of guanidine groups is 1. The molecule has 7 heteroatoms. The number of rotatable bonds is 6. The lowest BCUT2D eigenvalue weighted by molar-refractivity contribution is -0.0352. The number of hydrogen-bond donors (Lipinski definition) is 2. The van der Waals surface area contributed by atoms with E-state index < -0.39 is 0 Å². The van der Waals surface area contributed by atoms with Gasteiger partial charge >= 0.3 is 0 Å². The number of benzene rings is 1. The Labute approximate surface area is 210 Å². The summed E-state index contributed by atoms with van der Waals surface area (Å²) >= 11 is 0. The van der Waals surface area contributed by atoms with Gasteiger partial charge in [-0.05, 0) is 31.2 Å². The topological polar surface area (TPSA) is 58.1 Å². The number of nitrogens with one attached hydrogen (secondary N) is 2. The van der Waals surface area contributed by atoms with Crippen molar-refractivity contribution in [3.05, 3.63) is 35.9 Å². The van der Waals surface area contributed by atoms with Crippen molar-refractivity contribution in [3.8, 4) is 0 Å². The fourth-order valence-electron chi connectivity index (χ4n) is 5.70. The average molecular weight is 557 g/mol. The molecule has 1 saturated carbocycles. The molecule has 180 valence electrons. The molecule has 1 aliphatic carbocycles. The maximum absolute atomic E-state index is 5.70. The largest absolute Gasteiger partial charge is 0.381 e. The first-order valence-electron chi connectivity index (χ1n) is 12.2. The van der Waals surface area contributed by atoms with Crippen LogP contribution < -0.4 is 10.6 Å². The fourth-order valence-corrected chi connectivity index (χ4v) is 5.70. The molecule has 32 heavy (non-hydrogen) atoms. The second kappa shape index (κ2) is 12.5. The van der Waals surface area contributed by atoms with Crippen LogP contribution in [0.25, 0.3) is 0 Å². The smallest absolute Gasteiger partial charge is 0.191 e. The summed E-state index contributed by atoms with van der Waals surface area (Å²) in [7, 11) is 1.89. The molecule has 1 aromatic rings. The van der Waals surface area contributed by atoms with E-state index >= 15 is 0 Å². The van der Waals surface area contributed by atoms with Gasteiger partial charge in [0.15, 0.2) is 5.96 Å². The Bertz CT molecular complexity index is 697. The molecule has 2 aliphatic heterocycles. The third-order valence-electron chi connectivity index (χ3n) is 7.70. The molecule has 3 aliphatic rings. The highest BCUT2D eigenvalue weighted by Crippen LogP contribution is 2.35. The maximum Gasteiger partial charge on any atom is 0.191 e. The van der Waals surface area contributed by atoms with E-state index in [4.69, 9.17) is 9.47 Å². The van der Waals surface area contributed by atoms with Crippen molar-refractivity contribution < 1.29 is 9.47 Å². The van der Waals surface area contributed by atoms with E-state index in [1.54, 1.807) is 0 Å². The van der Waals surface area contributed by atoms with Gasteiger partial charge in [-0.25, -0.2) is 0 Å². The Balaban J connectivity index is 0.00000289. The second-order valence-electron chi connectivity index (χ2n) is 9.42. The summed E-state index contributed by atoms with van der Waals surface area (Å²) in [6.45, 7) is 7.28. The molecule has 3 fully saturated rings. The minimum Gasteiger partial charge on any atom is -0.381 e. The quantitative estimate of drug-likeness (QED) is 0.319. The van der Waals surface area contributed by atoms with Gasteiger partial charge in [0.2, 0.25) is 0 Å². The molecular weight excluding hydrogens is 515 g/mol. The number of hydrogen-bond acceptors (Lipinski definition) is 4.